The normalized spacial score (nSPS) is 12.0. The Kier molecular flexibility index (Phi) is 4.99. The number of H-pyrrole nitrogens is 1. The number of hydrogen-bond donors (Lipinski definition) is 2. The van der Waals surface area contributed by atoms with Crippen LogP contribution in [0.25, 0.3) is 0 Å². The van der Waals surface area contributed by atoms with Gasteiger partial charge in [0.25, 0.3) is 0 Å². The van der Waals surface area contributed by atoms with Gasteiger partial charge in [-0.1, -0.05) is 0 Å². The number of aromatic amines is 1. The van der Waals surface area contributed by atoms with Gasteiger partial charge in [0.1, 0.15) is 12.2 Å². The molecule has 0 aliphatic heterocycles. The highest BCUT2D eigenvalue weighted by Crippen LogP contribution is 2.38. The second-order valence-corrected chi connectivity index (χ2v) is 4.51. The first-order chi connectivity index (χ1) is 10.2. The van der Waals surface area contributed by atoms with Gasteiger partial charge in [-0.15, -0.1) is 0 Å². The zero-order valence-corrected chi connectivity index (χ0v) is 12.6. The molecule has 1 aromatic carbocycles. The lowest BCUT2D eigenvalue weighted by Crippen LogP contribution is -2.19. The Morgan fingerprint density at radius 3 is 2.29 bits per heavy atom. The van der Waals surface area contributed by atoms with Gasteiger partial charge in [0, 0.05) is 6.54 Å². The van der Waals surface area contributed by atoms with E-state index in [9.17, 15) is 0 Å². The number of nitrogens with one attached hydrogen (secondary N) is 2. The summed E-state index contributed by atoms with van der Waals surface area (Å²) in [7, 11) is 4.79. The molecule has 1 atom stereocenters. The van der Waals surface area contributed by atoms with Crippen molar-refractivity contribution in [3.05, 3.63) is 29.8 Å². The smallest absolute Gasteiger partial charge is 0.203 e. The summed E-state index contributed by atoms with van der Waals surface area (Å²) in [6.45, 7) is 2.65. The first-order valence-electron chi connectivity index (χ1n) is 6.57. The van der Waals surface area contributed by atoms with Crippen molar-refractivity contribution in [3.63, 3.8) is 0 Å². The zero-order chi connectivity index (χ0) is 15.2. The molecule has 114 valence electrons. The van der Waals surface area contributed by atoms with Gasteiger partial charge in [-0.3, -0.25) is 5.10 Å². The van der Waals surface area contributed by atoms with Crippen LogP contribution >= 0.6 is 0 Å². The van der Waals surface area contributed by atoms with Gasteiger partial charge in [-0.25, -0.2) is 4.98 Å². The first kappa shape index (κ1) is 15.1. The van der Waals surface area contributed by atoms with Crippen LogP contribution in [0, 0.1) is 0 Å². The molecular weight excluding hydrogens is 272 g/mol. The molecule has 0 saturated carbocycles. The molecule has 1 aromatic heterocycles. The summed E-state index contributed by atoms with van der Waals surface area (Å²) < 4.78 is 16.0. The Morgan fingerprint density at radius 2 is 1.81 bits per heavy atom. The van der Waals surface area contributed by atoms with Gasteiger partial charge in [0.05, 0.1) is 27.4 Å². The molecule has 0 saturated heterocycles. The van der Waals surface area contributed by atoms with E-state index >= 15 is 0 Å². The summed E-state index contributed by atoms with van der Waals surface area (Å²) in [4.78, 5) is 4.12. The van der Waals surface area contributed by atoms with Crippen LogP contribution in [0.5, 0.6) is 17.2 Å². The first-order valence-corrected chi connectivity index (χ1v) is 6.57. The van der Waals surface area contributed by atoms with Crippen LogP contribution in [0.1, 0.15) is 24.4 Å². The van der Waals surface area contributed by atoms with Gasteiger partial charge in [-0.05, 0) is 24.6 Å². The average Bonchev–Trinajstić information content (AvgIpc) is 3.05. The number of nitrogens with zero attached hydrogens (tertiary/aromatic N) is 2. The number of benzene rings is 1. The van der Waals surface area contributed by atoms with E-state index in [1.54, 1.807) is 21.3 Å². The molecule has 7 nitrogen and oxygen atoms in total. The average molecular weight is 292 g/mol. The monoisotopic (exact) mass is 292 g/mol. The summed E-state index contributed by atoms with van der Waals surface area (Å²) >= 11 is 0. The summed E-state index contributed by atoms with van der Waals surface area (Å²) in [5, 5.41) is 10.0. The molecule has 0 radical (unpaired) electrons. The van der Waals surface area contributed by atoms with Crippen molar-refractivity contribution in [1.29, 1.82) is 0 Å². The van der Waals surface area contributed by atoms with Crippen LogP contribution in [0.15, 0.2) is 18.5 Å². The predicted octanol–water partition coefficient (Wildman–Crippen LogP) is 1.68. The van der Waals surface area contributed by atoms with E-state index in [1.165, 1.54) is 6.33 Å². The molecule has 0 spiro atoms. The highest BCUT2D eigenvalue weighted by atomic mass is 16.5. The van der Waals surface area contributed by atoms with Crippen molar-refractivity contribution in [2.45, 2.75) is 19.5 Å². The molecule has 2 N–H and O–H groups in total. The van der Waals surface area contributed by atoms with Gasteiger partial charge in [-0.2, -0.15) is 5.10 Å². The van der Waals surface area contributed by atoms with Gasteiger partial charge in [0.15, 0.2) is 11.5 Å². The molecule has 0 aliphatic carbocycles. The maximum Gasteiger partial charge on any atom is 0.203 e. The molecular formula is C14H20N4O3. The maximum atomic E-state index is 5.34. The molecule has 1 unspecified atom stereocenters. The largest absolute Gasteiger partial charge is 0.493 e. The third-order valence-electron chi connectivity index (χ3n) is 3.18. The molecule has 7 heteroatoms. The Morgan fingerprint density at radius 1 is 1.14 bits per heavy atom. The Bertz CT molecular complexity index is 547. The van der Waals surface area contributed by atoms with E-state index in [0.29, 0.717) is 23.8 Å². The van der Waals surface area contributed by atoms with E-state index in [-0.39, 0.29) is 6.04 Å². The van der Waals surface area contributed by atoms with Crippen molar-refractivity contribution < 1.29 is 14.2 Å². The highest BCUT2D eigenvalue weighted by molar-refractivity contribution is 5.53. The van der Waals surface area contributed by atoms with E-state index < -0.39 is 0 Å². The lowest BCUT2D eigenvalue weighted by Gasteiger charge is -2.16. The fraction of sp³-hybridized carbons (Fsp3) is 0.429. The highest BCUT2D eigenvalue weighted by Gasteiger charge is 2.14. The van der Waals surface area contributed by atoms with E-state index in [2.05, 4.69) is 20.5 Å². The van der Waals surface area contributed by atoms with Crippen LogP contribution in [0.2, 0.25) is 0 Å². The van der Waals surface area contributed by atoms with Crippen LogP contribution < -0.4 is 19.5 Å². The van der Waals surface area contributed by atoms with Crippen molar-refractivity contribution in [2.24, 2.45) is 0 Å². The quantitative estimate of drug-likeness (QED) is 0.808. The Balaban J connectivity index is 2.13. The molecule has 0 amide bonds. The number of aromatic nitrogens is 3. The minimum atomic E-state index is 0.0617. The Hall–Kier alpha value is -2.28. The maximum absolute atomic E-state index is 5.34. The third kappa shape index (κ3) is 3.43. The van der Waals surface area contributed by atoms with Crippen molar-refractivity contribution in [2.75, 3.05) is 21.3 Å². The standard InChI is InChI=1S/C14H20N4O3/c1-9(14-16-8-17-18-14)15-7-10-5-11(19-2)13(21-4)12(6-10)20-3/h5-6,8-9,15H,7H2,1-4H3,(H,16,17,18). The van der Waals surface area contributed by atoms with Crippen LogP contribution in [-0.4, -0.2) is 36.5 Å². The lowest BCUT2D eigenvalue weighted by molar-refractivity contribution is 0.323. The minimum Gasteiger partial charge on any atom is -0.493 e. The van der Waals surface area contributed by atoms with E-state index in [4.69, 9.17) is 14.2 Å². The molecule has 0 aliphatic rings. The Labute approximate surface area is 123 Å². The molecule has 21 heavy (non-hydrogen) atoms. The number of methoxy groups -OCH3 is 3. The van der Waals surface area contributed by atoms with Crippen molar-refractivity contribution in [1.82, 2.24) is 20.5 Å². The molecule has 2 aromatic rings. The summed E-state index contributed by atoms with van der Waals surface area (Å²) in [5.74, 6) is 2.66. The second kappa shape index (κ2) is 6.94. The van der Waals surface area contributed by atoms with Crippen LogP contribution in [-0.2, 0) is 6.54 Å². The summed E-state index contributed by atoms with van der Waals surface area (Å²) in [6, 6.07) is 3.90. The van der Waals surface area contributed by atoms with Gasteiger partial charge in [0.2, 0.25) is 5.75 Å². The van der Waals surface area contributed by atoms with Crippen molar-refractivity contribution >= 4 is 0 Å². The lowest BCUT2D eigenvalue weighted by atomic mass is 10.1. The fourth-order valence-electron chi connectivity index (χ4n) is 2.03. The number of hydrogen-bond acceptors (Lipinski definition) is 6. The molecule has 2 rings (SSSR count). The SMILES string of the molecule is COc1cc(CNC(C)c2ncn[nH]2)cc(OC)c1OC. The van der Waals surface area contributed by atoms with Gasteiger partial charge < -0.3 is 19.5 Å². The minimum absolute atomic E-state index is 0.0617. The van der Waals surface area contributed by atoms with Crippen molar-refractivity contribution in [3.8, 4) is 17.2 Å². The second-order valence-electron chi connectivity index (χ2n) is 4.51. The van der Waals surface area contributed by atoms with Crippen LogP contribution in [0.4, 0.5) is 0 Å². The molecule has 1 heterocycles. The number of ether oxygens (including phenoxy) is 3. The van der Waals surface area contributed by atoms with E-state index in [1.807, 2.05) is 19.1 Å². The number of rotatable bonds is 7. The van der Waals surface area contributed by atoms with Crippen LogP contribution in [0.3, 0.4) is 0 Å². The van der Waals surface area contributed by atoms with Gasteiger partial charge >= 0.3 is 0 Å². The zero-order valence-electron chi connectivity index (χ0n) is 12.6. The summed E-state index contributed by atoms with van der Waals surface area (Å²) in [6.07, 6.45) is 1.49. The topological polar surface area (TPSA) is 81.3 Å². The van der Waals surface area contributed by atoms with E-state index in [0.717, 1.165) is 11.4 Å². The predicted molar refractivity (Wildman–Crippen MR) is 77.7 cm³/mol. The summed E-state index contributed by atoms with van der Waals surface area (Å²) in [5.41, 5.74) is 1.02. The third-order valence-corrected chi connectivity index (χ3v) is 3.18. The fourth-order valence-corrected chi connectivity index (χ4v) is 2.03. The molecule has 0 bridgehead atoms. The molecule has 0 fully saturated rings.